The third-order valence-corrected chi connectivity index (χ3v) is 3.75. The summed E-state index contributed by atoms with van der Waals surface area (Å²) in [6.07, 6.45) is 1.92. The molecule has 0 aliphatic rings. The summed E-state index contributed by atoms with van der Waals surface area (Å²) in [5, 5.41) is 0.945. The van der Waals surface area contributed by atoms with Gasteiger partial charge in [-0.1, -0.05) is 22.0 Å². The summed E-state index contributed by atoms with van der Waals surface area (Å²) in [5.74, 6) is -0.217. The first-order valence-corrected chi connectivity index (χ1v) is 7.41. The molecule has 0 unspecified atom stereocenters. The molecule has 4 heteroatoms. The van der Waals surface area contributed by atoms with Crippen molar-refractivity contribution in [1.82, 2.24) is 0 Å². The van der Waals surface area contributed by atoms with Gasteiger partial charge in [-0.05, 0) is 60.1 Å². The summed E-state index contributed by atoms with van der Waals surface area (Å²) in [4.78, 5) is 11.7. The van der Waals surface area contributed by atoms with Gasteiger partial charge in [-0.25, -0.2) is 4.79 Å². The molecule has 1 aromatic carbocycles. The van der Waals surface area contributed by atoms with Crippen LogP contribution < -0.4 is 0 Å². The van der Waals surface area contributed by atoms with Crippen LogP contribution in [-0.4, -0.2) is 17.9 Å². The van der Waals surface area contributed by atoms with Crippen molar-refractivity contribution in [3.05, 3.63) is 32.9 Å². The monoisotopic (exact) mass is 396 g/mol. The third-order valence-electron chi connectivity index (χ3n) is 2.17. The van der Waals surface area contributed by atoms with Crippen LogP contribution in [0.5, 0.6) is 0 Å². The minimum absolute atomic E-state index is 0.217. The first-order valence-electron chi connectivity index (χ1n) is 5.21. The van der Waals surface area contributed by atoms with Crippen molar-refractivity contribution < 1.29 is 9.53 Å². The van der Waals surface area contributed by atoms with E-state index in [1.807, 2.05) is 25.1 Å². The Kier molecular flexibility index (Phi) is 6.34. The Bertz CT molecular complexity index is 366. The van der Waals surface area contributed by atoms with E-state index in [1.165, 1.54) is 0 Å². The van der Waals surface area contributed by atoms with Crippen LogP contribution in [0.25, 0.3) is 0 Å². The van der Waals surface area contributed by atoms with E-state index in [0.29, 0.717) is 12.2 Å². The van der Waals surface area contributed by atoms with Gasteiger partial charge in [-0.15, -0.1) is 0 Å². The van der Waals surface area contributed by atoms with E-state index >= 15 is 0 Å². The minimum atomic E-state index is -0.217. The normalized spacial score (nSPS) is 10.2. The molecule has 0 fully saturated rings. The van der Waals surface area contributed by atoms with Gasteiger partial charge < -0.3 is 4.74 Å². The largest absolute Gasteiger partial charge is 0.462 e. The number of ether oxygens (including phenoxy) is 1. The van der Waals surface area contributed by atoms with Crippen molar-refractivity contribution in [3.63, 3.8) is 0 Å². The molecule has 1 aromatic rings. The number of carbonyl (C=O) groups excluding carboxylic acids is 1. The van der Waals surface area contributed by atoms with Gasteiger partial charge in [0.1, 0.15) is 0 Å². The number of hydrogen-bond donors (Lipinski definition) is 0. The second-order valence-corrected chi connectivity index (χ2v) is 5.23. The lowest BCUT2D eigenvalue weighted by Crippen LogP contribution is -2.09. The van der Waals surface area contributed by atoms with E-state index in [-0.39, 0.29) is 5.97 Å². The molecule has 0 saturated carbocycles. The maximum Gasteiger partial charge on any atom is 0.338 e. The van der Waals surface area contributed by atoms with Crippen molar-refractivity contribution in [2.24, 2.45) is 0 Å². The van der Waals surface area contributed by atoms with E-state index in [0.717, 1.165) is 27.3 Å². The number of halogens is 2. The summed E-state index contributed by atoms with van der Waals surface area (Å²) in [7, 11) is 0. The Hall–Kier alpha value is -0.100. The highest BCUT2D eigenvalue weighted by Gasteiger charge is 2.14. The number of carbonyl (C=O) groups is 1. The van der Waals surface area contributed by atoms with Crippen LogP contribution in [0, 0.1) is 3.57 Å². The molecule has 88 valence electrons. The van der Waals surface area contributed by atoms with Crippen molar-refractivity contribution in [2.75, 3.05) is 11.9 Å². The quantitative estimate of drug-likeness (QED) is 0.430. The molecule has 16 heavy (non-hydrogen) atoms. The van der Waals surface area contributed by atoms with Gasteiger partial charge in [0.25, 0.3) is 0 Å². The molecule has 2 nitrogen and oxygen atoms in total. The highest BCUT2D eigenvalue weighted by molar-refractivity contribution is 14.1. The summed E-state index contributed by atoms with van der Waals surface area (Å²) in [5.41, 5.74) is 1.80. The summed E-state index contributed by atoms with van der Waals surface area (Å²) >= 11 is 5.67. The lowest BCUT2D eigenvalue weighted by atomic mass is 10.0. The molecular formula is C12H14BrIO2. The molecule has 1 rings (SSSR count). The van der Waals surface area contributed by atoms with E-state index < -0.39 is 0 Å². The molecular weight excluding hydrogens is 383 g/mol. The summed E-state index contributed by atoms with van der Waals surface area (Å²) in [6, 6.07) is 5.75. The number of rotatable bonds is 5. The second-order valence-electron chi connectivity index (χ2n) is 3.28. The van der Waals surface area contributed by atoms with Crippen LogP contribution >= 0.6 is 38.5 Å². The molecule has 0 aliphatic heterocycles. The van der Waals surface area contributed by atoms with E-state index in [1.54, 1.807) is 0 Å². The molecule has 0 amide bonds. The highest BCUT2D eigenvalue weighted by atomic mass is 127. The molecule has 0 atom stereocenters. The van der Waals surface area contributed by atoms with Crippen LogP contribution in [-0.2, 0) is 11.2 Å². The Morgan fingerprint density at radius 1 is 1.50 bits per heavy atom. The Balaban J connectivity index is 2.97. The maximum absolute atomic E-state index is 11.7. The molecule has 0 aliphatic carbocycles. The van der Waals surface area contributed by atoms with Crippen LogP contribution in [0.2, 0.25) is 0 Å². The fourth-order valence-electron chi connectivity index (χ4n) is 1.46. The Morgan fingerprint density at radius 3 is 2.88 bits per heavy atom. The molecule has 0 spiro atoms. The zero-order chi connectivity index (χ0) is 12.0. The van der Waals surface area contributed by atoms with Crippen molar-refractivity contribution >= 4 is 44.5 Å². The minimum Gasteiger partial charge on any atom is -0.462 e. The molecule has 0 aromatic heterocycles. The Morgan fingerprint density at radius 2 is 2.25 bits per heavy atom. The van der Waals surface area contributed by atoms with E-state index in [4.69, 9.17) is 4.74 Å². The smallest absolute Gasteiger partial charge is 0.338 e. The predicted octanol–water partition coefficient (Wildman–Crippen LogP) is 3.80. The average Bonchev–Trinajstić information content (AvgIpc) is 2.27. The second kappa shape index (κ2) is 7.27. The van der Waals surface area contributed by atoms with Gasteiger partial charge in [0.15, 0.2) is 0 Å². The van der Waals surface area contributed by atoms with Crippen LogP contribution in [0.1, 0.15) is 29.3 Å². The van der Waals surface area contributed by atoms with Crippen molar-refractivity contribution in [2.45, 2.75) is 19.8 Å². The van der Waals surface area contributed by atoms with Gasteiger partial charge in [-0.3, -0.25) is 0 Å². The van der Waals surface area contributed by atoms with Crippen LogP contribution in [0.4, 0.5) is 0 Å². The SMILES string of the molecule is CCOC(=O)c1cccc(I)c1CCCBr. The first-order chi connectivity index (χ1) is 7.70. The fourth-order valence-corrected chi connectivity index (χ4v) is 2.50. The zero-order valence-electron chi connectivity index (χ0n) is 9.13. The molecule has 0 heterocycles. The van der Waals surface area contributed by atoms with Gasteiger partial charge in [-0.2, -0.15) is 0 Å². The van der Waals surface area contributed by atoms with Gasteiger partial charge >= 0.3 is 5.97 Å². The summed E-state index contributed by atoms with van der Waals surface area (Å²) < 4.78 is 6.18. The van der Waals surface area contributed by atoms with E-state index in [2.05, 4.69) is 38.5 Å². The number of hydrogen-bond acceptors (Lipinski definition) is 2. The third kappa shape index (κ3) is 3.73. The number of alkyl halides is 1. The van der Waals surface area contributed by atoms with Gasteiger partial charge in [0.2, 0.25) is 0 Å². The van der Waals surface area contributed by atoms with E-state index in [9.17, 15) is 4.79 Å². The van der Waals surface area contributed by atoms with Crippen LogP contribution in [0.15, 0.2) is 18.2 Å². The lowest BCUT2D eigenvalue weighted by molar-refractivity contribution is 0.0525. The zero-order valence-corrected chi connectivity index (χ0v) is 12.9. The molecule has 0 bridgehead atoms. The highest BCUT2D eigenvalue weighted by Crippen LogP contribution is 2.20. The fraction of sp³-hybridized carbons (Fsp3) is 0.417. The standard InChI is InChI=1S/C12H14BrIO2/c1-2-16-12(15)10-5-3-7-11(14)9(10)6-4-8-13/h3,5,7H,2,4,6,8H2,1H3. The number of benzene rings is 1. The number of esters is 1. The predicted molar refractivity (Wildman–Crippen MR) is 77.2 cm³/mol. The topological polar surface area (TPSA) is 26.3 Å². The Labute approximate surface area is 118 Å². The summed E-state index contributed by atoms with van der Waals surface area (Å²) in [6.45, 7) is 2.24. The van der Waals surface area contributed by atoms with Gasteiger partial charge in [0.05, 0.1) is 12.2 Å². The molecule has 0 saturated heterocycles. The van der Waals surface area contributed by atoms with Crippen molar-refractivity contribution in [3.8, 4) is 0 Å². The van der Waals surface area contributed by atoms with Crippen molar-refractivity contribution in [1.29, 1.82) is 0 Å². The average molecular weight is 397 g/mol. The van der Waals surface area contributed by atoms with Crippen LogP contribution in [0.3, 0.4) is 0 Å². The lowest BCUT2D eigenvalue weighted by Gasteiger charge is -2.10. The maximum atomic E-state index is 11.7. The molecule has 0 N–H and O–H groups in total. The molecule has 0 radical (unpaired) electrons. The van der Waals surface area contributed by atoms with Gasteiger partial charge in [0, 0.05) is 8.90 Å². The first kappa shape index (κ1) is 14.0.